The molecule has 0 aliphatic heterocycles. The second-order valence-electron chi connectivity index (χ2n) is 5.70. The van der Waals surface area contributed by atoms with Crippen LogP contribution in [0.25, 0.3) is 0 Å². The number of hydrogen-bond acceptors (Lipinski definition) is 1. The quantitative estimate of drug-likeness (QED) is 0.751. The van der Waals surface area contributed by atoms with Crippen LogP contribution in [0.1, 0.15) is 57.8 Å². The Kier molecular flexibility index (Phi) is 5.15. The lowest BCUT2D eigenvalue weighted by Gasteiger charge is -2.15. The molecule has 2 unspecified atom stereocenters. The van der Waals surface area contributed by atoms with Crippen LogP contribution in [-0.4, -0.2) is 17.8 Å². The lowest BCUT2D eigenvalue weighted by atomic mass is 10.0. The van der Waals surface area contributed by atoms with E-state index in [0.717, 1.165) is 25.3 Å². The highest BCUT2D eigenvalue weighted by atomic mass is 35.5. The Morgan fingerprint density at radius 3 is 2.53 bits per heavy atom. The van der Waals surface area contributed by atoms with Gasteiger partial charge in [-0.3, -0.25) is 4.79 Å². The van der Waals surface area contributed by atoms with Crippen molar-refractivity contribution in [3.63, 3.8) is 0 Å². The van der Waals surface area contributed by atoms with Gasteiger partial charge in [0.05, 0.1) is 0 Å². The minimum absolute atomic E-state index is 0.229. The Labute approximate surface area is 109 Å². The van der Waals surface area contributed by atoms with Crippen LogP contribution in [0.3, 0.4) is 0 Å². The summed E-state index contributed by atoms with van der Waals surface area (Å²) in [6.07, 6.45) is 10.7. The highest BCUT2D eigenvalue weighted by Gasteiger charge is 2.25. The molecule has 0 spiro atoms. The van der Waals surface area contributed by atoms with Crippen LogP contribution >= 0.6 is 11.6 Å². The number of rotatable bonds is 5. The van der Waals surface area contributed by atoms with Gasteiger partial charge in [-0.2, -0.15) is 0 Å². The third-order valence-corrected chi connectivity index (χ3v) is 4.96. The van der Waals surface area contributed by atoms with Crippen LogP contribution in [0.2, 0.25) is 0 Å². The fourth-order valence-electron chi connectivity index (χ4n) is 3.19. The third-order valence-electron chi connectivity index (χ3n) is 4.38. The molecule has 2 aliphatic carbocycles. The Hall–Kier alpha value is -0.240. The lowest BCUT2D eigenvalue weighted by Crippen LogP contribution is -2.31. The molecule has 1 amide bonds. The molecule has 0 aromatic carbocycles. The average Bonchev–Trinajstić information content (AvgIpc) is 2.95. The van der Waals surface area contributed by atoms with Crippen LogP contribution in [0, 0.1) is 11.8 Å². The normalized spacial score (nSPS) is 29.7. The van der Waals surface area contributed by atoms with E-state index < -0.39 is 0 Å². The first-order chi connectivity index (χ1) is 8.25. The second kappa shape index (κ2) is 6.63. The monoisotopic (exact) mass is 257 g/mol. The van der Waals surface area contributed by atoms with Crippen LogP contribution in [0.15, 0.2) is 0 Å². The third kappa shape index (κ3) is 4.17. The number of halogens is 1. The molecule has 17 heavy (non-hydrogen) atoms. The first-order valence-corrected chi connectivity index (χ1v) is 7.60. The van der Waals surface area contributed by atoms with Crippen LogP contribution in [0.5, 0.6) is 0 Å². The highest BCUT2D eigenvalue weighted by Crippen LogP contribution is 2.30. The topological polar surface area (TPSA) is 29.1 Å². The molecule has 2 atom stereocenters. The van der Waals surface area contributed by atoms with E-state index in [1.165, 1.54) is 38.5 Å². The number of nitrogens with one attached hydrogen (secondary N) is 1. The highest BCUT2D eigenvalue weighted by molar-refractivity contribution is 6.20. The van der Waals surface area contributed by atoms with Crippen molar-refractivity contribution in [2.24, 2.45) is 11.8 Å². The predicted octanol–water partition coefficient (Wildman–Crippen LogP) is 3.48. The maximum Gasteiger partial charge on any atom is 0.220 e. The van der Waals surface area contributed by atoms with Gasteiger partial charge in [-0.1, -0.05) is 32.1 Å². The smallest absolute Gasteiger partial charge is 0.220 e. The molecule has 2 rings (SSSR count). The van der Waals surface area contributed by atoms with E-state index >= 15 is 0 Å². The Balaban J connectivity index is 1.57. The second-order valence-corrected chi connectivity index (χ2v) is 6.26. The van der Waals surface area contributed by atoms with E-state index in [-0.39, 0.29) is 11.3 Å². The van der Waals surface area contributed by atoms with Crippen molar-refractivity contribution in [1.82, 2.24) is 5.32 Å². The van der Waals surface area contributed by atoms with Gasteiger partial charge in [-0.05, 0) is 31.1 Å². The molecular formula is C14H24ClNO. The molecular weight excluding hydrogens is 234 g/mol. The van der Waals surface area contributed by atoms with Crippen molar-refractivity contribution in [1.29, 1.82) is 0 Å². The van der Waals surface area contributed by atoms with Crippen molar-refractivity contribution in [2.75, 3.05) is 6.54 Å². The molecule has 2 aliphatic rings. The van der Waals surface area contributed by atoms with Crippen molar-refractivity contribution in [3.8, 4) is 0 Å². The Bertz CT molecular complexity index is 251. The molecule has 2 nitrogen and oxygen atoms in total. The van der Waals surface area contributed by atoms with E-state index in [2.05, 4.69) is 5.32 Å². The summed E-state index contributed by atoms with van der Waals surface area (Å²) in [7, 11) is 0. The van der Waals surface area contributed by atoms with Crippen molar-refractivity contribution in [3.05, 3.63) is 0 Å². The minimum Gasteiger partial charge on any atom is -0.356 e. The number of carbonyl (C=O) groups is 1. The molecule has 1 N–H and O–H groups in total. The van der Waals surface area contributed by atoms with E-state index in [9.17, 15) is 4.79 Å². The molecule has 0 radical (unpaired) electrons. The van der Waals surface area contributed by atoms with Gasteiger partial charge < -0.3 is 5.32 Å². The summed E-state index contributed by atoms with van der Waals surface area (Å²) in [6.45, 7) is 0.789. The zero-order chi connectivity index (χ0) is 12.1. The van der Waals surface area contributed by atoms with E-state index in [1.54, 1.807) is 0 Å². The first-order valence-electron chi connectivity index (χ1n) is 7.16. The lowest BCUT2D eigenvalue weighted by molar-refractivity contribution is -0.121. The summed E-state index contributed by atoms with van der Waals surface area (Å²) in [5.41, 5.74) is 0. The fraction of sp³-hybridized carbons (Fsp3) is 0.929. The summed E-state index contributed by atoms with van der Waals surface area (Å²) in [4.78, 5) is 11.7. The Morgan fingerprint density at radius 1 is 1.12 bits per heavy atom. The molecule has 2 saturated carbocycles. The van der Waals surface area contributed by atoms with Crippen molar-refractivity contribution in [2.45, 2.75) is 63.2 Å². The zero-order valence-electron chi connectivity index (χ0n) is 10.6. The number of carbonyl (C=O) groups excluding carboxylic acids is 1. The summed E-state index contributed by atoms with van der Waals surface area (Å²) in [6, 6.07) is 0. The largest absolute Gasteiger partial charge is 0.356 e. The van der Waals surface area contributed by atoms with Gasteiger partial charge in [0, 0.05) is 18.3 Å². The summed E-state index contributed by atoms with van der Waals surface area (Å²) in [5, 5.41) is 3.34. The first kappa shape index (κ1) is 13.2. The number of hydrogen-bond donors (Lipinski definition) is 1. The minimum atomic E-state index is 0.229. The average molecular weight is 258 g/mol. The maximum absolute atomic E-state index is 11.7. The van der Waals surface area contributed by atoms with Gasteiger partial charge in [-0.15, -0.1) is 11.6 Å². The van der Waals surface area contributed by atoms with Crippen LogP contribution in [0.4, 0.5) is 0 Å². The molecule has 0 heterocycles. The number of alkyl halides is 1. The fourth-order valence-corrected chi connectivity index (χ4v) is 3.56. The molecule has 0 aromatic rings. The summed E-state index contributed by atoms with van der Waals surface area (Å²) < 4.78 is 0. The molecule has 0 aromatic heterocycles. The predicted molar refractivity (Wildman–Crippen MR) is 71.2 cm³/mol. The molecule has 3 heteroatoms. The van der Waals surface area contributed by atoms with Crippen LogP contribution in [-0.2, 0) is 4.79 Å². The number of amides is 1. The maximum atomic E-state index is 11.7. The standard InChI is InChI=1S/C14H24ClNO/c15-13-7-3-6-12(13)10-16-14(17)9-8-11-4-1-2-5-11/h11-13H,1-10H2,(H,16,17). The summed E-state index contributed by atoms with van der Waals surface area (Å²) >= 11 is 6.19. The van der Waals surface area contributed by atoms with Gasteiger partial charge in [0.15, 0.2) is 0 Å². The molecule has 2 fully saturated rings. The van der Waals surface area contributed by atoms with Gasteiger partial charge in [0.25, 0.3) is 0 Å². The summed E-state index contributed by atoms with van der Waals surface area (Å²) in [5.74, 6) is 1.55. The van der Waals surface area contributed by atoms with Gasteiger partial charge in [0.2, 0.25) is 5.91 Å². The SMILES string of the molecule is O=C(CCC1CCCC1)NCC1CCCC1Cl. The molecule has 98 valence electrons. The molecule has 0 saturated heterocycles. The van der Waals surface area contributed by atoms with Gasteiger partial charge >= 0.3 is 0 Å². The van der Waals surface area contributed by atoms with Crippen molar-refractivity contribution < 1.29 is 4.79 Å². The Morgan fingerprint density at radius 2 is 1.88 bits per heavy atom. The molecule has 0 bridgehead atoms. The zero-order valence-corrected chi connectivity index (χ0v) is 11.3. The van der Waals surface area contributed by atoms with E-state index in [1.807, 2.05) is 0 Å². The van der Waals surface area contributed by atoms with E-state index in [4.69, 9.17) is 11.6 Å². The van der Waals surface area contributed by atoms with Gasteiger partial charge in [0.1, 0.15) is 0 Å². The van der Waals surface area contributed by atoms with Gasteiger partial charge in [-0.25, -0.2) is 0 Å². The van der Waals surface area contributed by atoms with Crippen LogP contribution < -0.4 is 5.32 Å². The van der Waals surface area contributed by atoms with Crippen molar-refractivity contribution >= 4 is 17.5 Å². The van der Waals surface area contributed by atoms with E-state index in [0.29, 0.717) is 12.3 Å².